The van der Waals surface area contributed by atoms with Crippen molar-refractivity contribution in [3.63, 3.8) is 0 Å². The van der Waals surface area contributed by atoms with E-state index in [1.807, 2.05) is 25.1 Å². The summed E-state index contributed by atoms with van der Waals surface area (Å²) in [5, 5.41) is 14.7. The summed E-state index contributed by atoms with van der Waals surface area (Å²) in [7, 11) is 0. The predicted molar refractivity (Wildman–Crippen MR) is 91.6 cm³/mol. The van der Waals surface area contributed by atoms with Crippen LogP contribution in [0.3, 0.4) is 0 Å². The van der Waals surface area contributed by atoms with Crippen LogP contribution in [0.15, 0.2) is 60.3 Å². The average molecular weight is 323 g/mol. The summed E-state index contributed by atoms with van der Waals surface area (Å²) < 4.78 is 12.8. The third-order valence-electron chi connectivity index (χ3n) is 3.39. The number of anilines is 1. The zero-order valence-corrected chi connectivity index (χ0v) is 13.3. The Bertz CT molecular complexity index is 759. The average Bonchev–Trinajstić information content (AvgIpc) is 2.58. The lowest BCUT2D eigenvalue weighted by molar-refractivity contribution is -0.112. The summed E-state index contributed by atoms with van der Waals surface area (Å²) in [5.41, 5.74) is 2.69. The quantitative estimate of drug-likeness (QED) is 0.487. The van der Waals surface area contributed by atoms with Crippen molar-refractivity contribution in [1.29, 1.82) is 5.26 Å². The van der Waals surface area contributed by atoms with Gasteiger partial charge in [0, 0.05) is 18.4 Å². The van der Waals surface area contributed by atoms with Crippen molar-refractivity contribution in [2.24, 2.45) is 0 Å². The summed E-state index contributed by atoms with van der Waals surface area (Å²) in [4.78, 5) is 12.0. The summed E-state index contributed by atoms with van der Waals surface area (Å²) in [5.74, 6) is -0.734. The van der Waals surface area contributed by atoms with Crippen molar-refractivity contribution in [2.45, 2.75) is 13.3 Å². The molecule has 0 spiro atoms. The molecule has 2 aromatic carbocycles. The topological polar surface area (TPSA) is 64.9 Å². The van der Waals surface area contributed by atoms with Gasteiger partial charge in [-0.05, 0) is 43.2 Å². The number of nitrogens with one attached hydrogen (secondary N) is 2. The molecule has 1 amide bonds. The molecule has 0 bridgehead atoms. The normalized spacial score (nSPS) is 10.8. The molecule has 24 heavy (non-hydrogen) atoms. The number of halogens is 1. The van der Waals surface area contributed by atoms with E-state index < -0.39 is 5.91 Å². The Morgan fingerprint density at radius 2 is 1.83 bits per heavy atom. The number of nitriles is 1. The van der Waals surface area contributed by atoms with Crippen LogP contribution in [-0.2, 0) is 11.2 Å². The number of carbonyl (C=O) groups excluding carboxylic acids is 1. The highest BCUT2D eigenvalue weighted by molar-refractivity contribution is 6.06. The number of benzene rings is 2. The summed E-state index contributed by atoms with van der Waals surface area (Å²) in [6.45, 7) is 2.49. The Hall–Kier alpha value is -3.13. The Labute approximate surface area is 140 Å². The first-order valence-corrected chi connectivity index (χ1v) is 7.54. The highest BCUT2D eigenvalue weighted by atomic mass is 19.1. The molecule has 2 N–H and O–H groups in total. The monoisotopic (exact) mass is 323 g/mol. The number of carbonyl (C=O) groups is 1. The van der Waals surface area contributed by atoms with E-state index >= 15 is 0 Å². The van der Waals surface area contributed by atoms with Gasteiger partial charge >= 0.3 is 0 Å². The van der Waals surface area contributed by atoms with Crippen molar-refractivity contribution in [1.82, 2.24) is 5.32 Å². The maximum Gasteiger partial charge on any atom is 0.267 e. The van der Waals surface area contributed by atoms with Gasteiger partial charge in [-0.2, -0.15) is 5.26 Å². The van der Waals surface area contributed by atoms with Gasteiger partial charge in [-0.25, -0.2) is 4.39 Å². The number of hydrogen-bond donors (Lipinski definition) is 2. The number of hydrogen-bond acceptors (Lipinski definition) is 3. The van der Waals surface area contributed by atoms with E-state index in [9.17, 15) is 9.18 Å². The largest absolute Gasteiger partial charge is 0.389 e. The number of rotatable bonds is 6. The van der Waals surface area contributed by atoms with E-state index in [0.717, 1.165) is 11.1 Å². The Kier molecular flexibility index (Phi) is 6.09. The number of nitrogens with zero attached hydrogens (tertiary/aromatic N) is 1. The van der Waals surface area contributed by atoms with Gasteiger partial charge in [0.15, 0.2) is 0 Å². The van der Waals surface area contributed by atoms with Crippen LogP contribution in [0.2, 0.25) is 0 Å². The fourth-order valence-corrected chi connectivity index (χ4v) is 2.03. The number of aryl methyl sites for hydroxylation is 1. The van der Waals surface area contributed by atoms with E-state index in [1.165, 1.54) is 18.3 Å². The van der Waals surface area contributed by atoms with Crippen LogP contribution in [0.1, 0.15) is 11.1 Å². The van der Waals surface area contributed by atoms with E-state index in [4.69, 9.17) is 5.26 Å². The fourth-order valence-electron chi connectivity index (χ4n) is 2.03. The summed E-state index contributed by atoms with van der Waals surface area (Å²) in [6, 6.07) is 15.4. The third-order valence-corrected chi connectivity index (χ3v) is 3.39. The molecule has 0 saturated heterocycles. The first-order valence-electron chi connectivity index (χ1n) is 7.54. The molecule has 0 radical (unpaired) electrons. The van der Waals surface area contributed by atoms with Crippen LogP contribution in [0.25, 0.3) is 0 Å². The zero-order chi connectivity index (χ0) is 17.4. The van der Waals surface area contributed by atoms with Gasteiger partial charge in [0.1, 0.15) is 17.5 Å². The highest BCUT2D eigenvalue weighted by Crippen LogP contribution is 2.10. The minimum absolute atomic E-state index is 0.00492. The highest BCUT2D eigenvalue weighted by Gasteiger charge is 2.08. The molecule has 0 aliphatic heterocycles. The van der Waals surface area contributed by atoms with Crippen LogP contribution in [0.4, 0.5) is 10.1 Å². The molecule has 0 aromatic heterocycles. The van der Waals surface area contributed by atoms with Gasteiger partial charge < -0.3 is 10.6 Å². The summed E-state index contributed by atoms with van der Waals surface area (Å²) >= 11 is 0. The van der Waals surface area contributed by atoms with Crippen LogP contribution in [-0.4, -0.2) is 12.5 Å². The molecule has 0 saturated carbocycles. The minimum atomic E-state index is -0.462. The van der Waals surface area contributed by atoms with Gasteiger partial charge in [0.25, 0.3) is 5.91 Å². The second kappa shape index (κ2) is 8.49. The lowest BCUT2D eigenvalue weighted by atomic mass is 10.1. The molecule has 0 aliphatic rings. The predicted octanol–water partition coefficient (Wildman–Crippen LogP) is 3.31. The zero-order valence-electron chi connectivity index (χ0n) is 13.3. The van der Waals surface area contributed by atoms with E-state index in [1.54, 1.807) is 24.3 Å². The van der Waals surface area contributed by atoms with Crippen LogP contribution in [0, 0.1) is 24.1 Å². The molecule has 122 valence electrons. The maximum absolute atomic E-state index is 12.8. The molecule has 5 heteroatoms. The standard InChI is InChI=1S/C19H18FN3O/c1-14-2-8-18(9-3-14)23-19(24)16(12-21)13-22-11-10-15-4-6-17(20)7-5-15/h2-9,13,22H,10-11H2,1H3,(H,23,24)/b16-13-. The SMILES string of the molecule is Cc1ccc(NC(=O)/C(C#N)=C\NCCc2ccc(F)cc2)cc1. The second-order valence-corrected chi connectivity index (χ2v) is 5.32. The fraction of sp³-hybridized carbons (Fsp3) is 0.158. The van der Waals surface area contributed by atoms with Crippen LogP contribution >= 0.6 is 0 Å². The minimum Gasteiger partial charge on any atom is -0.389 e. The maximum atomic E-state index is 12.8. The van der Waals surface area contributed by atoms with Crippen molar-refractivity contribution in [3.8, 4) is 6.07 Å². The van der Waals surface area contributed by atoms with E-state index in [-0.39, 0.29) is 11.4 Å². The number of amides is 1. The molecule has 2 rings (SSSR count). The van der Waals surface area contributed by atoms with E-state index in [2.05, 4.69) is 10.6 Å². The summed E-state index contributed by atoms with van der Waals surface area (Å²) in [6.07, 6.45) is 2.06. The molecule has 2 aromatic rings. The van der Waals surface area contributed by atoms with Gasteiger partial charge in [0.05, 0.1) is 0 Å². The van der Waals surface area contributed by atoms with Gasteiger partial charge in [0.2, 0.25) is 0 Å². The lowest BCUT2D eigenvalue weighted by Crippen LogP contribution is -2.18. The van der Waals surface area contributed by atoms with E-state index in [0.29, 0.717) is 18.7 Å². The van der Waals surface area contributed by atoms with Gasteiger partial charge in [-0.1, -0.05) is 29.8 Å². The Morgan fingerprint density at radius 3 is 2.46 bits per heavy atom. The van der Waals surface area contributed by atoms with Crippen molar-refractivity contribution in [3.05, 3.63) is 77.2 Å². The smallest absolute Gasteiger partial charge is 0.267 e. The Balaban J connectivity index is 1.86. The van der Waals surface area contributed by atoms with Crippen molar-refractivity contribution < 1.29 is 9.18 Å². The first-order chi connectivity index (χ1) is 11.6. The molecule has 4 nitrogen and oxygen atoms in total. The Morgan fingerprint density at radius 1 is 1.17 bits per heavy atom. The lowest BCUT2D eigenvalue weighted by Gasteiger charge is -2.06. The van der Waals surface area contributed by atoms with Crippen LogP contribution < -0.4 is 10.6 Å². The van der Waals surface area contributed by atoms with Crippen molar-refractivity contribution in [2.75, 3.05) is 11.9 Å². The molecular formula is C19H18FN3O. The van der Waals surface area contributed by atoms with Gasteiger partial charge in [-0.15, -0.1) is 0 Å². The first kappa shape index (κ1) is 17.2. The third kappa shape index (κ3) is 5.25. The van der Waals surface area contributed by atoms with Crippen molar-refractivity contribution >= 4 is 11.6 Å². The molecule has 0 unspecified atom stereocenters. The molecule has 0 heterocycles. The van der Waals surface area contributed by atoms with Crippen LogP contribution in [0.5, 0.6) is 0 Å². The molecule has 0 fully saturated rings. The van der Waals surface area contributed by atoms with Gasteiger partial charge in [-0.3, -0.25) is 4.79 Å². The molecule has 0 aliphatic carbocycles. The molecule has 0 atom stereocenters. The second-order valence-electron chi connectivity index (χ2n) is 5.32. The molecular weight excluding hydrogens is 305 g/mol.